The van der Waals surface area contributed by atoms with Crippen LogP contribution in [-0.4, -0.2) is 25.3 Å². The number of hydrogen-bond acceptors (Lipinski definition) is 3. The van der Waals surface area contributed by atoms with Gasteiger partial charge in [-0.05, 0) is 32.3 Å². The second kappa shape index (κ2) is 5.21. The van der Waals surface area contributed by atoms with Gasteiger partial charge in [-0.2, -0.15) is 0 Å². The van der Waals surface area contributed by atoms with Crippen LogP contribution in [0.1, 0.15) is 25.8 Å². The van der Waals surface area contributed by atoms with Gasteiger partial charge in [0.1, 0.15) is 0 Å². The molecule has 1 aliphatic heterocycles. The smallest absolute Gasteiger partial charge is 0.407 e. The second-order valence-corrected chi connectivity index (χ2v) is 5.25. The van der Waals surface area contributed by atoms with E-state index in [1.165, 1.54) is 5.56 Å². The van der Waals surface area contributed by atoms with Crippen molar-refractivity contribution in [3.63, 3.8) is 0 Å². The number of aryl methyl sites for hydroxylation is 1. The molecule has 0 spiro atoms. The van der Waals surface area contributed by atoms with Crippen molar-refractivity contribution in [3.8, 4) is 0 Å². The molecular formula is C13H20BNO2. The summed E-state index contributed by atoms with van der Waals surface area (Å²) in [6.07, 6.45) is 1.84. The molecule has 17 heavy (non-hydrogen) atoms. The van der Waals surface area contributed by atoms with Gasteiger partial charge in [0, 0.05) is 5.94 Å². The molecule has 92 valence electrons. The van der Waals surface area contributed by atoms with Gasteiger partial charge in [-0.1, -0.05) is 30.3 Å². The van der Waals surface area contributed by atoms with E-state index in [0.717, 1.165) is 12.8 Å². The molecule has 3 nitrogen and oxygen atoms in total. The molecule has 2 rings (SSSR count). The summed E-state index contributed by atoms with van der Waals surface area (Å²) < 4.78 is 11.3. The van der Waals surface area contributed by atoms with Gasteiger partial charge in [-0.3, -0.25) is 0 Å². The summed E-state index contributed by atoms with van der Waals surface area (Å²) in [7, 11) is -0.256. The van der Waals surface area contributed by atoms with Gasteiger partial charge in [0.15, 0.2) is 0 Å². The van der Waals surface area contributed by atoms with Crippen molar-refractivity contribution in [2.24, 2.45) is 5.73 Å². The molecule has 0 aromatic heterocycles. The Kier molecular flexibility index (Phi) is 3.87. The minimum atomic E-state index is -0.256. The summed E-state index contributed by atoms with van der Waals surface area (Å²) in [6.45, 7) is 4.67. The van der Waals surface area contributed by atoms with Crippen LogP contribution in [-0.2, 0) is 15.7 Å². The predicted octanol–water partition coefficient (Wildman–Crippen LogP) is 1.80. The average Bonchev–Trinajstić information content (AvgIpc) is 2.68. The molecule has 0 radical (unpaired) electrons. The first-order valence-corrected chi connectivity index (χ1v) is 6.16. The van der Waals surface area contributed by atoms with E-state index in [0.29, 0.717) is 6.61 Å². The fourth-order valence-corrected chi connectivity index (χ4v) is 1.99. The van der Waals surface area contributed by atoms with Crippen LogP contribution in [0.25, 0.3) is 0 Å². The van der Waals surface area contributed by atoms with Crippen LogP contribution in [0, 0.1) is 0 Å². The van der Waals surface area contributed by atoms with Crippen molar-refractivity contribution < 1.29 is 9.31 Å². The summed E-state index contributed by atoms with van der Waals surface area (Å²) in [5.74, 6) is -0.0584. The lowest BCUT2D eigenvalue weighted by Gasteiger charge is -2.18. The molecule has 0 aliphatic carbocycles. The third kappa shape index (κ3) is 3.56. The van der Waals surface area contributed by atoms with Crippen molar-refractivity contribution in [1.82, 2.24) is 0 Å². The highest BCUT2D eigenvalue weighted by atomic mass is 16.7. The zero-order valence-corrected chi connectivity index (χ0v) is 10.6. The largest absolute Gasteiger partial charge is 0.475 e. The van der Waals surface area contributed by atoms with E-state index in [2.05, 4.69) is 12.1 Å². The number of rotatable bonds is 4. The van der Waals surface area contributed by atoms with Crippen LogP contribution in [0.5, 0.6) is 0 Å². The van der Waals surface area contributed by atoms with Crippen molar-refractivity contribution in [2.45, 2.75) is 38.2 Å². The molecule has 0 amide bonds. The summed E-state index contributed by atoms with van der Waals surface area (Å²) in [6, 6.07) is 10.4. The van der Waals surface area contributed by atoms with Gasteiger partial charge >= 0.3 is 7.12 Å². The Morgan fingerprint density at radius 2 is 2.06 bits per heavy atom. The van der Waals surface area contributed by atoms with E-state index in [9.17, 15) is 0 Å². The lowest BCUT2D eigenvalue weighted by molar-refractivity contribution is 0.134. The van der Waals surface area contributed by atoms with Crippen LogP contribution < -0.4 is 5.73 Å². The lowest BCUT2D eigenvalue weighted by atomic mass is 9.76. The van der Waals surface area contributed by atoms with E-state index >= 15 is 0 Å². The Labute approximate surface area is 103 Å². The van der Waals surface area contributed by atoms with Crippen molar-refractivity contribution in [1.29, 1.82) is 0 Å². The first-order chi connectivity index (χ1) is 8.07. The maximum atomic E-state index is 6.10. The minimum Gasteiger partial charge on any atom is -0.407 e. The van der Waals surface area contributed by atoms with E-state index in [1.54, 1.807) is 0 Å². The van der Waals surface area contributed by atoms with Gasteiger partial charge in [0.25, 0.3) is 0 Å². The number of benzene rings is 1. The van der Waals surface area contributed by atoms with Crippen LogP contribution in [0.4, 0.5) is 0 Å². The van der Waals surface area contributed by atoms with Crippen LogP contribution in [0.3, 0.4) is 0 Å². The Morgan fingerprint density at radius 3 is 2.65 bits per heavy atom. The standard InChI is InChI=1S/C13H20BNO2/c1-13(2)10-16-14(17-13)12(15)9-8-11-6-4-3-5-7-11/h3-7,12H,8-10,15H2,1-2H3/t12-/m0/s1. The second-order valence-electron chi connectivity index (χ2n) is 5.25. The first kappa shape index (κ1) is 12.6. The van der Waals surface area contributed by atoms with Gasteiger partial charge in [-0.25, -0.2) is 0 Å². The number of nitrogens with two attached hydrogens (primary N) is 1. The van der Waals surface area contributed by atoms with E-state index in [-0.39, 0.29) is 18.7 Å². The third-order valence-electron chi connectivity index (χ3n) is 2.99. The zero-order chi connectivity index (χ0) is 12.3. The van der Waals surface area contributed by atoms with Gasteiger partial charge in [0.2, 0.25) is 0 Å². The highest BCUT2D eigenvalue weighted by Crippen LogP contribution is 2.22. The number of hydrogen-bond donors (Lipinski definition) is 1. The van der Waals surface area contributed by atoms with Crippen molar-refractivity contribution in [3.05, 3.63) is 35.9 Å². The monoisotopic (exact) mass is 233 g/mol. The zero-order valence-electron chi connectivity index (χ0n) is 10.6. The Bertz CT molecular complexity index is 356. The topological polar surface area (TPSA) is 44.5 Å². The molecule has 4 heteroatoms. The van der Waals surface area contributed by atoms with E-state index in [1.807, 2.05) is 32.0 Å². The molecule has 0 bridgehead atoms. The Balaban J connectivity index is 1.80. The maximum Gasteiger partial charge on any atom is 0.475 e. The highest BCUT2D eigenvalue weighted by Gasteiger charge is 2.40. The first-order valence-electron chi connectivity index (χ1n) is 6.16. The maximum absolute atomic E-state index is 6.10. The molecule has 1 aromatic carbocycles. The fourth-order valence-electron chi connectivity index (χ4n) is 1.99. The SMILES string of the molecule is CC1(C)COB([C@@H](N)CCc2ccccc2)O1. The molecule has 1 heterocycles. The van der Waals surface area contributed by atoms with E-state index < -0.39 is 0 Å². The molecule has 1 fully saturated rings. The molecule has 2 N–H and O–H groups in total. The lowest BCUT2D eigenvalue weighted by Crippen LogP contribution is -2.41. The normalized spacial score (nSPS) is 20.5. The van der Waals surface area contributed by atoms with Crippen LogP contribution in [0.2, 0.25) is 0 Å². The van der Waals surface area contributed by atoms with Gasteiger partial charge in [-0.15, -0.1) is 0 Å². The molecule has 1 atom stereocenters. The molecule has 1 saturated heterocycles. The summed E-state index contributed by atoms with van der Waals surface area (Å²) >= 11 is 0. The molecule has 0 unspecified atom stereocenters. The van der Waals surface area contributed by atoms with E-state index in [4.69, 9.17) is 15.0 Å². The quantitative estimate of drug-likeness (QED) is 0.806. The molecular weight excluding hydrogens is 213 g/mol. The van der Waals surface area contributed by atoms with Crippen LogP contribution >= 0.6 is 0 Å². The third-order valence-corrected chi connectivity index (χ3v) is 2.99. The van der Waals surface area contributed by atoms with Crippen molar-refractivity contribution >= 4 is 7.12 Å². The highest BCUT2D eigenvalue weighted by molar-refractivity contribution is 6.47. The Morgan fingerprint density at radius 1 is 1.35 bits per heavy atom. The molecule has 1 aliphatic rings. The minimum absolute atomic E-state index is 0.0584. The molecule has 1 aromatic rings. The summed E-state index contributed by atoms with van der Waals surface area (Å²) in [5.41, 5.74) is 7.20. The fraction of sp³-hybridized carbons (Fsp3) is 0.538. The summed E-state index contributed by atoms with van der Waals surface area (Å²) in [5, 5.41) is 0. The predicted molar refractivity (Wildman–Crippen MR) is 69.6 cm³/mol. The van der Waals surface area contributed by atoms with Crippen LogP contribution in [0.15, 0.2) is 30.3 Å². The summed E-state index contributed by atoms with van der Waals surface area (Å²) in [4.78, 5) is 0. The Hall–Kier alpha value is -0.835. The van der Waals surface area contributed by atoms with Gasteiger partial charge < -0.3 is 15.0 Å². The van der Waals surface area contributed by atoms with Gasteiger partial charge in [0.05, 0.1) is 12.2 Å². The molecule has 0 saturated carbocycles. The van der Waals surface area contributed by atoms with Crippen molar-refractivity contribution in [2.75, 3.05) is 6.61 Å². The average molecular weight is 233 g/mol.